The van der Waals surface area contributed by atoms with Crippen molar-refractivity contribution in [3.63, 3.8) is 0 Å². The van der Waals surface area contributed by atoms with Crippen LogP contribution in [0.15, 0.2) is 15.6 Å². The number of hydrogen-bond donors (Lipinski definition) is 3. The van der Waals surface area contributed by atoms with Gasteiger partial charge in [0.05, 0.1) is 30.4 Å². The third kappa shape index (κ3) is 3.36. The van der Waals surface area contributed by atoms with E-state index in [4.69, 9.17) is 0 Å². The van der Waals surface area contributed by atoms with Gasteiger partial charge in [0.25, 0.3) is 0 Å². The van der Waals surface area contributed by atoms with Crippen LogP contribution < -0.4 is 5.32 Å². The lowest BCUT2D eigenvalue weighted by molar-refractivity contribution is -0.163. The Labute approximate surface area is 173 Å². The van der Waals surface area contributed by atoms with Crippen molar-refractivity contribution in [1.29, 1.82) is 0 Å². The number of nitrogens with zero attached hydrogens (tertiary/aromatic N) is 3. The molecule has 2 fully saturated rings. The maximum atomic E-state index is 12.7. The van der Waals surface area contributed by atoms with Crippen molar-refractivity contribution in [2.75, 3.05) is 19.6 Å². The van der Waals surface area contributed by atoms with E-state index in [2.05, 4.69) is 10.3 Å². The van der Waals surface area contributed by atoms with Crippen LogP contribution in [0.5, 0.6) is 0 Å². The Hall–Kier alpha value is -1.91. The highest BCUT2D eigenvalue weighted by molar-refractivity contribution is 8.03. The molecule has 4 aliphatic rings. The van der Waals surface area contributed by atoms with Gasteiger partial charge < -0.3 is 25.3 Å². The van der Waals surface area contributed by atoms with Gasteiger partial charge in [-0.15, -0.1) is 11.8 Å². The summed E-state index contributed by atoms with van der Waals surface area (Å²) in [5, 5.41) is 23.0. The first-order chi connectivity index (χ1) is 13.8. The Morgan fingerprint density at radius 3 is 2.79 bits per heavy atom. The van der Waals surface area contributed by atoms with Crippen LogP contribution in [0.25, 0.3) is 0 Å². The second kappa shape index (κ2) is 7.73. The SMILES string of the molecule is C[C@@H]1C(S[C@@H]2CN[C@H](C(=O)N3C=NCCC3)C2)=C(C(=O)O)N2C(=O)[C@H]([C@@H](C)O)[C@@H]12. The number of hydrogen-bond acceptors (Lipinski definition) is 7. The summed E-state index contributed by atoms with van der Waals surface area (Å²) in [6.45, 7) is 5.48. The van der Waals surface area contributed by atoms with Gasteiger partial charge in [-0.3, -0.25) is 14.6 Å². The van der Waals surface area contributed by atoms with Gasteiger partial charge in [-0.25, -0.2) is 4.79 Å². The first-order valence-electron chi connectivity index (χ1n) is 10.00. The molecule has 6 atom stereocenters. The number of aliphatic imine (C=N–C) groups is 1. The molecule has 0 saturated carbocycles. The molecular weight excluding hydrogens is 396 g/mol. The van der Waals surface area contributed by atoms with Crippen LogP contribution in [-0.2, 0) is 14.4 Å². The van der Waals surface area contributed by atoms with Crippen molar-refractivity contribution in [3.05, 3.63) is 10.6 Å². The van der Waals surface area contributed by atoms with Crippen LogP contribution in [0.2, 0.25) is 0 Å². The number of aliphatic hydroxyl groups is 1. The molecular formula is C19H26N4O5S. The summed E-state index contributed by atoms with van der Waals surface area (Å²) in [6, 6.07) is -0.626. The zero-order valence-corrected chi connectivity index (χ0v) is 17.3. The quantitative estimate of drug-likeness (QED) is 0.527. The number of carboxylic acids is 1. The summed E-state index contributed by atoms with van der Waals surface area (Å²) in [4.78, 5) is 44.8. The molecule has 0 bridgehead atoms. The zero-order valence-electron chi connectivity index (χ0n) is 16.4. The van der Waals surface area contributed by atoms with Gasteiger partial charge in [-0.1, -0.05) is 6.92 Å². The summed E-state index contributed by atoms with van der Waals surface area (Å²) in [7, 11) is 0. The van der Waals surface area contributed by atoms with Crippen molar-refractivity contribution in [2.45, 2.75) is 50.1 Å². The Balaban J connectivity index is 1.47. The Morgan fingerprint density at radius 2 is 2.17 bits per heavy atom. The molecule has 0 unspecified atom stereocenters. The summed E-state index contributed by atoms with van der Waals surface area (Å²) >= 11 is 1.45. The van der Waals surface area contributed by atoms with Gasteiger partial charge in [-0.05, 0) is 19.8 Å². The van der Waals surface area contributed by atoms with E-state index in [1.165, 1.54) is 16.7 Å². The number of rotatable bonds is 5. The largest absolute Gasteiger partial charge is 0.477 e. The van der Waals surface area contributed by atoms with E-state index in [-0.39, 0.29) is 40.8 Å². The lowest BCUT2D eigenvalue weighted by Gasteiger charge is -2.46. The van der Waals surface area contributed by atoms with E-state index in [0.29, 0.717) is 24.4 Å². The molecule has 10 heteroatoms. The number of carboxylic acid groups (broad SMARTS) is 1. The third-order valence-electron chi connectivity index (χ3n) is 6.18. The standard InChI is InChI=1S/C19H26N4O5S/c1-9-14-13(10(2)24)18(26)23(14)15(19(27)28)16(9)29-11-6-12(21-7-11)17(25)22-5-3-4-20-8-22/h8-14,21,24H,3-7H2,1-2H3,(H,27,28)/t9-,10+,11-,12-,13+,14+/m0/s1. The van der Waals surface area contributed by atoms with Gasteiger partial charge in [0.1, 0.15) is 5.70 Å². The first kappa shape index (κ1) is 20.4. The zero-order chi connectivity index (χ0) is 20.9. The topological polar surface area (TPSA) is 123 Å². The van der Waals surface area contributed by atoms with Gasteiger partial charge in [0, 0.05) is 35.7 Å². The van der Waals surface area contributed by atoms with Crippen LogP contribution in [0, 0.1) is 11.8 Å². The van der Waals surface area contributed by atoms with E-state index >= 15 is 0 Å². The maximum absolute atomic E-state index is 12.7. The highest BCUT2D eigenvalue weighted by Gasteiger charge is 2.60. The molecule has 0 spiro atoms. The summed E-state index contributed by atoms with van der Waals surface area (Å²) in [5.41, 5.74) is 0.0346. The number of nitrogens with one attached hydrogen (secondary N) is 1. The summed E-state index contributed by atoms with van der Waals surface area (Å²) in [6.07, 6.45) is 2.24. The molecule has 9 nitrogen and oxygen atoms in total. The lowest BCUT2D eigenvalue weighted by atomic mass is 9.79. The molecule has 4 aliphatic heterocycles. The molecule has 2 amide bonds. The summed E-state index contributed by atoms with van der Waals surface area (Å²) < 4.78 is 0. The minimum atomic E-state index is -1.12. The first-order valence-corrected chi connectivity index (χ1v) is 10.9. The number of β-lactam (4-membered cyclic amide) rings is 1. The average Bonchev–Trinajstić information content (AvgIpc) is 3.24. The Kier molecular flexibility index (Phi) is 5.43. The number of aliphatic hydroxyl groups excluding tert-OH is 1. The molecule has 0 aromatic heterocycles. The molecule has 0 aromatic rings. The number of thioether (sulfide) groups is 1. The van der Waals surface area contributed by atoms with Crippen LogP contribution in [0.1, 0.15) is 26.7 Å². The Bertz CT molecular complexity index is 797. The molecule has 4 heterocycles. The number of carbonyl (C=O) groups excluding carboxylic acids is 2. The number of carbonyl (C=O) groups is 3. The minimum absolute atomic E-state index is 0.00313. The predicted octanol–water partition coefficient (Wildman–Crippen LogP) is -0.136. The van der Waals surface area contributed by atoms with Crippen molar-refractivity contribution in [1.82, 2.24) is 15.1 Å². The predicted molar refractivity (Wildman–Crippen MR) is 107 cm³/mol. The second-order valence-corrected chi connectivity index (χ2v) is 9.46. The molecule has 0 aromatic carbocycles. The highest BCUT2D eigenvalue weighted by atomic mass is 32.2. The average molecular weight is 423 g/mol. The van der Waals surface area contributed by atoms with Gasteiger partial charge in [0.15, 0.2) is 0 Å². The molecule has 0 aliphatic carbocycles. The van der Waals surface area contributed by atoms with Crippen molar-refractivity contribution in [2.24, 2.45) is 16.8 Å². The highest BCUT2D eigenvalue weighted by Crippen LogP contribution is 2.51. The second-order valence-electron chi connectivity index (χ2n) is 8.12. The smallest absolute Gasteiger partial charge is 0.353 e. The molecule has 4 rings (SSSR count). The van der Waals surface area contributed by atoms with Crippen LogP contribution >= 0.6 is 11.8 Å². The van der Waals surface area contributed by atoms with Crippen LogP contribution in [0.4, 0.5) is 0 Å². The van der Waals surface area contributed by atoms with Gasteiger partial charge >= 0.3 is 5.97 Å². The lowest BCUT2D eigenvalue weighted by Crippen LogP contribution is -2.63. The van der Waals surface area contributed by atoms with Crippen LogP contribution in [-0.4, -0.2) is 87.2 Å². The maximum Gasteiger partial charge on any atom is 0.353 e. The molecule has 0 radical (unpaired) electrons. The summed E-state index contributed by atoms with van der Waals surface area (Å²) in [5.74, 6) is -2.18. The number of aliphatic carboxylic acids is 1. The van der Waals surface area contributed by atoms with E-state index in [1.807, 2.05) is 6.92 Å². The number of fused-ring (bicyclic) bond motifs is 1. The number of amides is 2. The van der Waals surface area contributed by atoms with E-state index in [0.717, 1.165) is 13.0 Å². The third-order valence-corrected chi connectivity index (χ3v) is 7.70. The monoisotopic (exact) mass is 422 g/mol. The van der Waals surface area contributed by atoms with E-state index in [1.54, 1.807) is 18.2 Å². The molecule has 158 valence electrons. The fourth-order valence-electron chi connectivity index (χ4n) is 4.75. The van der Waals surface area contributed by atoms with Crippen molar-refractivity contribution >= 4 is 35.9 Å². The van der Waals surface area contributed by atoms with Crippen molar-refractivity contribution < 1.29 is 24.6 Å². The molecule has 29 heavy (non-hydrogen) atoms. The minimum Gasteiger partial charge on any atom is -0.477 e. The van der Waals surface area contributed by atoms with E-state index < -0.39 is 18.0 Å². The normalized spacial score (nSPS) is 35.0. The van der Waals surface area contributed by atoms with Gasteiger partial charge in [-0.2, -0.15) is 0 Å². The Morgan fingerprint density at radius 1 is 1.41 bits per heavy atom. The molecule has 2 saturated heterocycles. The fourth-order valence-corrected chi connectivity index (χ4v) is 6.23. The molecule has 3 N–H and O–H groups in total. The van der Waals surface area contributed by atoms with Gasteiger partial charge in [0.2, 0.25) is 11.8 Å². The fraction of sp³-hybridized carbons (Fsp3) is 0.684. The van der Waals surface area contributed by atoms with Crippen molar-refractivity contribution in [3.8, 4) is 0 Å². The van der Waals surface area contributed by atoms with E-state index in [9.17, 15) is 24.6 Å². The van der Waals surface area contributed by atoms with Crippen LogP contribution in [0.3, 0.4) is 0 Å².